The third-order valence-electron chi connectivity index (χ3n) is 6.22. The van der Waals surface area contributed by atoms with E-state index in [1.807, 2.05) is 6.07 Å². The molecule has 0 spiro atoms. The highest BCUT2D eigenvalue weighted by molar-refractivity contribution is 5.86. The Bertz CT molecular complexity index is 919. The maximum Gasteiger partial charge on any atom is 0.162 e. The smallest absolute Gasteiger partial charge is 0.162 e. The first kappa shape index (κ1) is 19.8. The summed E-state index contributed by atoms with van der Waals surface area (Å²) in [5, 5.41) is 1.24. The number of fused-ring (bicyclic) bond motifs is 1. The molecule has 0 radical (unpaired) electrons. The molecule has 4 rings (SSSR count). The number of nitrogens with one attached hydrogen (secondary N) is 1. The van der Waals surface area contributed by atoms with Crippen LogP contribution in [0.15, 0.2) is 48.7 Å². The molecule has 1 atom stereocenters. The van der Waals surface area contributed by atoms with Crippen molar-refractivity contribution in [1.82, 2.24) is 9.88 Å². The molecule has 3 aromatic rings. The van der Waals surface area contributed by atoms with Gasteiger partial charge in [-0.2, -0.15) is 0 Å². The number of ether oxygens (including phenoxy) is 2. The van der Waals surface area contributed by atoms with E-state index in [4.69, 9.17) is 9.47 Å². The number of aromatic amines is 1. The summed E-state index contributed by atoms with van der Waals surface area (Å²) >= 11 is 0. The van der Waals surface area contributed by atoms with Crippen molar-refractivity contribution in [2.75, 3.05) is 33.9 Å². The average Bonchev–Trinajstić information content (AvgIpc) is 3.18. The van der Waals surface area contributed by atoms with E-state index in [0.29, 0.717) is 5.92 Å². The van der Waals surface area contributed by atoms with Crippen LogP contribution in [0.2, 0.25) is 0 Å². The maximum absolute atomic E-state index is 5.47. The Kier molecular flexibility index (Phi) is 6.40. The molecule has 0 aliphatic carbocycles. The van der Waals surface area contributed by atoms with Crippen molar-refractivity contribution in [1.29, 1.82) is 0 Å². The number of methoxy groups -OCH3 is 2. The van der Waals surface area contributed by atoms with Crippen LogP contribution in [0, 0.1) is 0 Å². The minimum Gasteiger partial charge on any atom is -0.493 e. The first-order chi connectivity index (χ1) is 14.3. The van der Waals surface area contributed by atoms with E-state index in [9.17, 15) is 0 Å². The second kappa shape index (κ2) is 9.36. The van der Waals surface area contributed by atoms with Crippen LogP contribution in [0.1, 0.15) is 42.7 Å². The van der Waals surface area contributed by atoms with Gasteiger partial charge in [-0.1, -0.05) is 30.3 Å². The summed E-state index contributed by atoms with van der Waals surface area (Å²) in [7, 11) is 3.37. The van der Waals surface area contributed by atoms with Crippen molar-refractivity contribution in [3.63, 3.8) is 0 Å². The van der Waals surface area contributed by atoms with E-state index < -0.39 is 0 Å². The van der Waals surface area contributed by atoms with Gasteiger partial charge in [0, 0.05) is 29.7 Å². The van der Waals surface area contributed by atoms with Gasteiger partial charge >= 0.3 is 0 Å². The summed E-state index contributed by atoms with van der Waals surface area (Å²) in [6, 6.07) is 15.1. The molecular formula is C25H32N2O2. The number of nitrogens with zero attached hydrogens (tertiary/aromatic N) is 1. The molecule has 1 N–H and O–H groups in total. The summed E-state index contributed by atoms with van der Waals surface area (Å²) in [6.07, 6.45) is 8.29. The van der Waals surface area contributed by atoms with Gasteiger partial charge in [0.15, 0.2) is 11.5 Å². The molecule has 2 aromatic carbocycles. The van der Waals surface area contributed by atoms with Gasteiger partial charge < -0.3 is 19.4 Å². The van der Waals surface area contributed by atoms with Crippen LogP contribution in [-0.2, 0) is 6.42 Å². The number of benzene rings is 2. The standard InChI is InChI=1S/C25H32N2O2/c1-28-24-15-22-20(17-26-23(22)16-25(24)29-2)11-6-7-13-27-14-8-12-21(18-27)19-9-4-3-5-10-19/h3-5,9-10,15-17,21,26H,6-8,11-14,18H2,1-2H3. The second-order valence-corrected chi connectivity index (χ2v) is 8.07. The van der Waals surface area contributed by atoms with Gasteiger partial charge in [-0.25, -0.2) is 0 Å². The number of likely N-dealkylation sites (tertiary alicyclic amines) is 1. The quantitative estimate of drug-likeness (QED) is 0.523. The topological polar surface area (TPSA) is 37.5 Å². The van der Waals surface area contributed by atoms with Crippen LogP contribution in [0.5, 0.6) is 11.5 Å². The van der Waals surface area contributed by atoms with Gasteiger partial charge in [0.1, 0.15) is 0 Å². The lowest BCUT2D eigenvalue weighted by Crippen LogP contribution is -2.35. The van der Waals surface area contributed by atoms with Crippen molar-refractivity contribution in [3.8, 4) is 11.5 Å². The summed E-state index contributed by atoms with van der Waals surface area (Å²) in [5.74, 6) is 2.26. The molecule has 1 fully saturated rings. The lowest BCUT2D eigenvalue weighted by atomic mass is 9.90. The van der Waals surface area contributed by atoms with Crippen LogP contribution in [0.25, 0.3) is 10.9 Å². The van der Waals surface area contributed by atoms with Gasteiger partial charge in [0.25, 0.3) is 0 Å². The number of piperidine rings is 1. The molecule has 4 heteroatoms. The van der Waals surface area contributed by atoms with E-state index in [0.717, 1.165) is 23.4 Å². The fourth-order valence-corrected chi connectivity index (χ4v) is 4.62. The van der Waals surface area contributed by atoms with Crippen molar-refractivity contribution in [3.05, 3.63) is 59.8 Å². The molecular weight excluding hydrogens is 360 g/mol. The fourth-order valence-electron chi connectivity index (χ4n) is 4.62. The van der Waals surface area contributed by atoms with Crippen LogP contribution < -0.4 is 9.47 Å². The SMILES string of the molecule is COc1cc2[nH]cc(CCCCN3CCCC(c4ccccc4)C3)c2cc1OC. The van der Waals surface area contributed by atoms with E-state index in [2.05, 4.69) is 52.5 Å². The lowest BCUT2D eigenvalue weighted by Gasteiger charge is -2.33. The number of hydrogen-bond acceptors (Lipinski definition) is 3. The molecule has 1 unspecified atom stereocenters. The zero-order chi connectivity index (χ0) is 20.1. The molecule has 0 saturated carbocycles. The van der Waals surface area contributed by atoms with Crippen molar-refractivity contribution >= 4 is 10.9 Å². The van der Waals surface area contributed by atoms with Crippen molar-refractivity contribution < 1.29 is 9.47 Å². The normalized spacial score (nSPS) is 17.5. The van der Waals surface area contributed by atoms with Gasteiger partial charge in [0.2, 0.25) is 0 Å². The highest BCUT2D eigenvalue weighted by Gasteiger charge is 2.20. The number of unbranched alkanes of at least 4 members (excludes halogenated alkanes) is 1. The van der Waals surface area contributed by atoms with Crippen LogP contribution >= 0.6 is 0 Å². The third kappa shape index (κ3) is 4.59. The molecule has 1 saturated heterocycles. The number of aryl methyl sites for hydroxylation is 1. The molecule has 1 aliphatic heterocycles. The third-order valence-corrected chi connectivity index (χ3v) is 6.22. The fraction of sp³-hybridized carbons (Fsp3) is 0.440. The van der Waals surface area contributed by atoms with Crippen molar-refractivity contribution in [2.45, 2.75) is 38.0 Å². The Hall–Kier alpha value is -2.46. The lowest BCUT2D eigenvalue weighted by molar-refractivity contribution is 0.204. The predicted octanol–water partition coefficient (Wildman–Crippen LogP) is 5.39. The average molecular weight is 393 g/mol. The molecule has 0 bridgehead atoms. The van der Waals surface area contributed by atoms with E-state index >= 15 is 0 Å². The molecule has 154 valence electrons. The first-order valence-electron chi connectivity index (χ1n) is 10.8. The number of hydrogen-bond donors (Lipinski definition) is 1. The Morgan fingerprint density at radius 1 is 1.03 bits per heavy atom. The zero-order valence-electron chi connectivity index (χ0n) is 17.6. The van der Waals surface area contributed by atoms with Gasteiger partial charge in [-0.3, -0.25) is 0 Å². The zero-order valence-corrected chi connectivity index (χ0v) is 17.6. The number of H-pyrrole nitrogens is 1. The Morgan fingerprint density at radius 3 is 2.62 bits per heavy atom. The van der Waals surface area contributed by atoms with Gasteiger partial charge in [0.05, 0.1) is 14.2 Å². The Balaban J connectivity index is 1.30. The molecule has 1 aromatic heterocycles. The second-order valence-electron chi connectivity index (χ2n) is 8.07. The van der Waals surface area contributed by atoms with Crippen LogP contribution in [0.4, 0.5) is 0 Å². The monoisotopic (exact) mass is 392 g/mol. The maximum atomic E-state index is 5.47. The summed E-state index contributed by atoms with van der Waals surface area (Å²) in [5.41, 5.74) is 3.97. The first-order valence-corrected chi connectivity index (χ1v) is 10.8. The van der Waals surface area contributed by atoms with Gasteiger partial charge in [-0.15, -0.1) is 0 Å². The minimum absolute atomic E-state index is 0.695. The molecule has 4 nitrogen and oxygen atoms in total. The summed E-state index contributed by atoms with van der Waals surface area (Å²) in [4.78, 5) is 6.04. The van der Waals surface area contributed by atoms with Gasteiger partial charge in [-0.05, 0) is 68.3 Å². The molecule has 29 heavy (non-hydrogen) atoms. The largest absolute Gasteiger partial charge is 0.493 e. The Labute approximate surface area is 173 Å². The predicted molar refractivity (Wildman–Crippen MR) is 119 cm³/mol. The van der Waals surface area contributed by atoms with Crippen LogP contribution in [-0.4, -0.2) is 43.7 Å². The summed E-state index contributed by atoms with van der Waals surface area (Å²) in [6.45, 7) is 3.64. The molecule has 0 amide bonds. The highest BCUT2D eigenvalue weighted by atomic mass is 16.5. The highest BCUT2D eigenvalue weighted by Crippen LogP contribution is 2.34. The van der Waals surface area contributed by atoms with E-state index in [-0.39, 0.29) is 0 Å². The minimum atomic E-state index is 0.695. The number of aromatic nitrogens is 1. The number of rotatable bonds is 8. The molecule has 1 aliphatic rings. The van der Waals surface area contributed by atoms with E-state index in [1.165, 1.54) is 61.8 Å². The summed E-state index contributed by atoms with van der Waals surface area (Å²) < 4.78 is 10.9. The molecule has 2 heterocycles. The Morgan fingerprint density at radius 2 is 1.83 bits per heavy atom. The van der Waals surface area contributed by atoms with Crippen molar-refractivity contribution in [2.24, 2.45) is 0 Å². The van der Waals surface area contributed by atoms with E-state index in [1.54, 1.807) is 14.2 Å². The van der Waals surface area contributed by atoms with Crippen LogP contribution in [0.3, 0.4) is 0 Å².